The third-order valence-corrected chi connectivity index (χ3v) is 3.91. The molecule has 4 heteroatoms. The highest BCUT2D eigenvalue weighted by atomic mass is 79.9. The third kappa shape index (κ3) is 3.34. The molecule has 0 aliphatic carbocycles. The SMILES string of the molecule is CCNC(Cc1nc2ccccc2o1)c1cccc(Br)c1. The van der Waals surface area contributed by atoms with Gasteiger partial charge in [0.05, 0.1) is 0 Å². The van der Waals surface area contributed by atoms with E-state index in [2.05, 4.69) is 51.4 Å². The second kappa shape index (κ2) is 6.41. The van der Waals surface area contributed by atoms with E-state index >= 15 is 0 Å². The standard InChI is InChI=1S/C17H17BrN2O/c1-2-19-15(12-6-5-7-13(18)10-12)11-17-20-14-8-3-4-9-16(14)21-17/h3-10,15,19H,2,11H2,1H3. The molecule has 3 nitrogen and oxygen atoms in total. The zero-order valence-corrected chi connectivity index (χ0v) is 13.4. The molecule has 1 aromatic heterocycles. The maximum Gasteiger partial charge on any atom is 0.197 e. The highest BCUT2D eigenvalue weighted by Gasteiger charge is 2.15. The number of fused-ring (bicyclic) bond motifs is 1. The lowest BCUT2D eigenvalue weighted by Crippen LogP contribution is -2.23. The van der Waals surface area contributed by atoms with Crippen LogP contribution in [0.3, 0.4) is 0 Å². The summed E-state index contributed by atoms with van der Waals surface area (Å²) in [6.45, 7) is 3.01. The third-order valence-electron chi connectivity index (χ3n) is 3.42. The lowest BCUT2D eigenvalue weighted by molar-refractivity contribution is 0.460. The molecule has 1 atom stereocenters. The first-order chi connectivity index (χ1) is 10.3. The van der Waals surface area contributed by atoms with Gasteiger partial charge in [-0.1, -0.05) is 47.1 Å². The molecule has 3 rings (SSSR count). The number of nitrogens with one attached hydrogen (secondary N) is 1. The van der Waals surface area contributed by atoms with E-state index in [0.717, 1.165) is 34.4 Å². The van der Waals surface area contributed by atoms with Crippen molar-refractivity contribution in [1.29, 1.82) is 0 Å². The Labute approximate surface area is 132 Å². The van der Waals surface area contributed by atoms with E-state index in [1.165, 1.54) is 5.56 Å². The van der Waals surface area contributed by atoms with Crippen LogP contribution >= 0.6 is 15.9 Å². The predicted molar refractivity (Wildman–Crippen MR) is 88.3 cm³/mol. The van der Waals surface area contributed by atoms with Gasteiger partial charge >= 0.3 is 0 Å². The summed E-state index contributed by atoms with van der Waals surface area (Å²) in [4.78, 5) is 4.56. The van der Waals surface area contributed by atoms with Crippen LogP contribution in [0, 0.1) is 0 Å². The molecule has 1 heterocycles. The van der Waals surface area contributed by atoms with Crippen molar-refractivity contribution in [3.05, 3.63) is 64.5 Å². The van der Waals surface area contributed by atoms with Crippen molar-refractivity contribution >= 4 is 27.0 Å². The molecule has 2 aromatic carbocycles. The number of likely N-dealkylation sites (N-methyl/N-ethyl adjacent to an activating group) is 1. The van der Waals surface area contributed by atoms with Gasteiger partial charge in [0.2, 0.25) is 0 Å². The maximum atomic E-state index is 5.83. The molecule has 0 radical (unpaired) electrons. The van der Waals surface area contributed by atoms with Gasteiger partial charge in [0, 0.05) is 16.9 Å². The van der Waals surface area contributed by atoms with E-state index in [1.807, 2.05) is 30.3 Å². The van der Waals surface area contributed by atoms with Crippen molar-refractivity contribution in [2.75, 3.05) is 6.54 Å². The van der Waals surface area contributed by atoms with Crippen molar-refractivity contribution < 1.29 is 4.42 Å². The first kappa shape index (κ1) is 14.3. The van der Waals surface area contributed by atoms with Gasteiger partial charge in [0.25, 0.3) is 0 Å². The summed E-state index contributed by atoms with van der Waals surface area (Å²) < 4.78 is 6.92. The lowest BCUT2D eigenvalue weighted by atomic mass is 10.0. The van der Waals surface area contributed by atoms with E-state index in [0.29, 0.717) is 0 Å². The van der Waals surface area contributed by atoms with Crippen LogP contribution in [-0.4, -0.2) is 11.5 Å². The van der Waals surface area contributed by atoms with Crippen molar-refractivity contribution in [2.24, 2.45) is 0 Å². The van der Waals surface area contributed by atoms with E-state index in [9.17, 15) is 0 Å². The Morgan fingerprint density at radius 1 is 1.19 bits per heavy atom. The van der Waals surface area contributed by atoms with Crippen molar-refractivity contribution in [1.82, 2.24) is 10.3 Å². The first-order valence-electron chi connectivity index (χ1n) is 7.09. The second-order valence-corrected chi connectivity index (χ2v) is 5.86. The Kier molecular flexibility index (Phi) is 4.36. The number of benzene rings is 2. The highest BCUT2D eigenvalue weighted by molar-refractivity contribution is 9.10. The van der Waals surface area contributed by atoms with Gasteiger partial charge in [-0.2, -0.15) is 0 Å². The minimum Gasteiger partial charge on any atom is -0.441 e. The van der Waals surface area contributed by atoms with Crippen LogP contribution in [0.15, 0.2) is 57.4 Å². The fraction of sp³-hybridized carbons (Fsp3) is 0.235. The molecule has 0 saturated heterocycles. The summed E-state index contributed by atoms with van der Waals surface area (Å²) in [5.74, 6) is 0.766. The minimum absolute atomic E-state index is 0.195. The zero-order valence-electron chi connectivity index (χ0n) is 11.8. The fourth-order valence-corrected chi connectivity index (χ4v) is 2.88. The number of halogens is 1. The van der Waals surface area contributed by atoms with E-state index in [-0.39, 0.29) is 6.04 Å². The molecule has 1 N–H and O–H groups in total. The van der Waals surface area contributed by atoms with Gasteiger partial charge in [-0.15, -0.1) is 0 Å². The van der Waals surface area contributed by atoms with Gasteiger partial charge in [0.15, 0.2) is 11.5 Å². The molecule has 3 aromatic rings. The molecule has 0 bridgehead atoms. The van der Waals surface area contributed by atoms with Gasteiger partial charge in [-0.05, 0) is 36.4 Å². The molecule has 0 aliphatic heterocycles. The van der Waals surface area contributed by atoms with Gasteiger partial charge < -0.3 is 9.73 Å². The van der Waals surface area contributed by atoms with Crippen LogP contribution in [0.25, 0.3) is 11.1 Å². The zero-order chi connectivity index (χ0) is 14.7. The molecule has 0 fully saturated rings. The largest absolute Gasteiger partial charge is 0.441 e. The second-order valence-electron chi connectivity index (χ2n) is 4.94. The lowest BCUT2D eigenvalue weighted by Gasteiger charge is -2.16. The average Bonchev–Trinajstić information content (AvgIpc) is 2.89. The number of para-hydroxylation sites is 2. The Hall–Kier alpha value is -1.65. The summed E-state index contributed by atoms with van der Waals surface area (Å²) in [5.41, 5.74) is 2.99. The number of hydrogen-bond donors (Lipinski definition) is 1. The quantitative estimate of drug-likeness (QED) is 0.741. The van der Waals surface area contributed by atoms with Crippen LogP contribution in [-0.2, 0) is 6.42 Å². The molecule has 0 spiro atoms. The summed E-state index contributed by atoms with van der Waals surface area (Å²) in [5, 5.41) is 3.50. The Bertz CT molecular complexity index is 705. The Morgan fingerprint density at radius 3 is 2.81 bits per heavy atom. The van der Waals surface area contributed by atoms with Gasteiger partial charge in [-0.3, -0.25) is 0 Å². The monoisotopic (exact) mass is 344 g/mol. The van der Waals surface area contributed by atoms with Gasteiger partial charge in [0.1, 0.15) is 5.52 Å². The summed E-state index contributed by atoms with van der Waals surface area (Å²) in [6.07, 6.45) is 0.735. The fourth-order valence-electron chi connectivity index (χ4n) is 2.46. The number of oxazole rings is 1. The van der Waals surface area contributed by atoms with Gasteiger partial charge in [-0.25, -0.2) is 4.98 Å². The molecule has 0 saturated carbocycles. The molecule has 108 valence electrons. The normalized spacial score (nSPS) is 12.7. The predicted octanol–water partition coefficient (Wildman–Crippen LogP) is 4.48. The molecule has 1 unspecified atom stereocenters. The highest BCUT2D eigenvalue weighted by Crippen LogP contribution is 2.23. The average molecular weight is 345 g/mol. The van der Waals surface area contributed by atoms with Crippen LogP contribution in [0.2, 0.25) is 0 Å². The first-order valence-corrected chi connectivity index (χ1v) is 7.89. The smallest absolute Gasteiger partial charge is 0.197 e. The van der Waals surface area contributed by atoms with Crippen LogP contribution in [0.4, 0.5) is 0 Å². The van der Waals surface area contributed by atoms with Crippen molar-refractivity contribution in [2.45, 2.75) is 19.4 Å². The molecule has 0 amide bonds. The molecule has 0 aliphatic rings. The summed E-state index contributed by atoms with van der Waals surface area (Å²) >= 11 is 3.53. The van der Waals surface area contributed by atoms with Crippen molar-refractivity contribution in [3.8, 4) is 0 Å². The van der Waals surface area contributed by atoms with E-state index in [1.54, 1.807) is 0 Å². The van der Waals surface area contributed by atoms with Crippen LogP contribution in [0.5, 0.6) is 0 Å². The van der Waals surface area contributed by atoms with Crippen LogP contribution in [0.1, 0.15) is 24.4 Å². The van der Waals surface area contributed by atoms with Crippen LogP contribution < -0.4 is 5.32 Å². The topological polar surface area (TPSA) is 38.1 Å². The summed E-state index contributed by atoms with van der Waals surface area (Å²) in [6, 6.07) is 16.4. The Balaban J connectivity index is 1.87. The maximum absolute atomic E-state index is 5.83. The van der Waals surface area contributed by atoms with E-state index in [4.69, 9.17) is 4.42 Å². The van der Waals surface area contributed by atoms with Crippen molar-refractivity contribution in [3.63, 3.8) is 0 Å². The number of nitrogens with zero attached hydrogens (tertiary/aromatic N) is 1. The van der Waals surface area contributed by atoms with E-state index < -0.39 is 0 Å². The molecular weight excluding hydrogens is 328 g/mol. The number of hydrogen-bond acceptors (Lipinski definition) is 3. The number of rotatable bonds is 5. The Morgan fingerprint density at radius 2 is 2.05 bits per heavy atom. The molecular formula is C17H17BrN2O. The minimum atomic E-state index is 0.195. The molecule has 21 heavy (non-hydrogen) atoms. The number of aromatic nitrogens is 1. The summed E-state index contributed by atoms with van der Waals surface area (Å²) in [7, 11) is 0.